The van der Waals surface area contributed by atoms with Gasteiger partial charge in [0.15, 0.2) is 0 Å². The predicted octanol–water partition coefficient (Wildman–Crippen LogP) is 1.29. The quantitative estimate of drug-likeness (QED) is 0.878. The summed E-state index contributed by atoms with van der Waals surface area (Å²) in [5.74, 6) is -2.20. The molecule has 7 heteroatoms. The van der Waals surface area contributed by atoms with E-state index in [0.29, 0.717) is 5.69 Å². The molecule has 0 amide bonds. The molecule has 0 unspecified atom stereocenters. The Hall–Kier alpha value is -2.57. The molecule has 6 nitrogen and oxygen atoms in total. The summed E-state index contributed by atoms with van der Waals surface area (Å²) in [7, 11) is 0. The van der Waals surface area contributed by atoms with Crippen LogP contribution in [0.1, 0.15) is 16.1 Å². The van der Waals surface area contributed by atoms with Crippen LogP contribution in [0.5, 0.6) is 5.88 Å². The molecular weight excluding hydrogens is 241 g/mol. The maximum absolute atomic E-state index is 12.9. The fourth-order valence-corrected chi connectivity index (χ4v) is 1.24. The maximum Gasteiger partial charge on any atom is 0.341 e. The topological polar surface area (TPSA) is 85.2 Å². The molecule has 0 radical (unpaired) electrons. The molecule has 2 rings (SSSR count). The maximum atomic E-state index is 12.9. The number of carboxylic acids is 1. The van der Waals surface area contributed by atoms with E-state index in [9.17, 15) is 9.18 Å². The smallest absolute Gasteiger partial charge is 0.341 e. The highest BCUT2D eigenvalue weighted by Gasteiger charge is 2.14. The van der Waals surface area contributed by atoms with E-state index in [1.165, 1.54) is 18.6 Å². The second kappa shape index (κ2) is 5.17. The largest absolute Gasteiger partial charge is 0.477 e. The zero-order valence-corrected chi connectivity index (χ0v) is 9.08. The summed E-state index contributed by atoms with van der Waals surface area (Å²) in [4.78, 5) is 22.2. The normalized spacial score (nSPS) is 10.1. The lowest BCUT2D eigenvalue weighted by atomic mass is 10.2. The molecule has 0 spiro atoms. The standard InChI is InChI=1S/C11H8FN3O3/c12-7-3-9(11(16)17)10(15-4-7)18-6-8-5-13-1-2-14-8/h1-5H,6H2,(H,16,17). The third-order valence-electron chi connectivity index (χ3n) is 2.02. The lowest BCUT2D eigenvalue weighted by Gasteiger charge is -2.07. The highest BCUT2D eigenvalue weighted by molar-refractivity contribution is 5.90. The first kappa shape index (κ1) is 11.9. The summed E-state index contributed by atoms with van der Waals surface area (Å²) in [5.41, 5.74) is 0.179. The first-order valence-corrected chi connectivity index (χ1v) is 4.93. The molecule has 0 aliphatic rings. The van der Waals surface area contributed by atoms with Crippen LogP contribution in [0, 0.1) is 5.82 Å². The molecule has 0 aliphatic carbocycles. The SMILES string of the molecule is O=C(O)c1cc(F)cnc1OCc1cnccn1. The number of carboxylic acid groups (broad SMARTS) is 1. The van der Waals surface area contributed by atoms with Crippen molar-refractivity contribution in [3.8, 4) is 5.88 Å². The van der Waals surface area contributed by atoms with E-state index < -0.39 is 11.8 Å². The summed E-state index contributed by atoms with van der Waals surface area (Å²) in [6, 6.07) is 0.849. The van der Waals surface area contributed by atoms with Gasteiger partial charge in [-0.05, 0) is 6.07 Å². The van der Waals surface area contributed by atoms with Crippen molar-refractivity contribution in [3.05, 3.63) is 47.9 Å². The Morgan fingerprint density at radius 3 is 2.83 bits per heavy atom. The molecule has 2 heterocycles. The van der Waals surface area contributed by atoms with Crippen LogP contribution in [0.25, 0.3) is 0 Å². The highest BCUT2D eigenvalue weighted by Crippen LogP contribution is 2.17. The number of aromatic carboxylic acids is 1. The van der Waals surface area contributed by atoms with Gasteiger partial charge in [0, 0.05) is 12.4 Å². The van der Waals surface area contributed by atoms with Crippen LogP contribution < -0.4 is 4.74 Å². The van der Waals surface area contributed by atoms with Gasteiger partial charge in [-0.15, -0.1) is 0 Å². The summed E-state index contributed by atoms with van der Waals surface area (Å²) in [5, 5.41) is 8.87. The number of rotatable bonds is 4. The second-order valence-corrected chi connectivity index (χ2v) is 3.30. The molecule has 0 saturated heterocycles. The van der Waals surface area contributed by atoms with E-state index in [2.05, 4.69) is 15.0 Å². The van der Waals surface area contributed by atoms with Crippen LogP contribution in [0.4, 0.5) is 4.39 Å². The first-order chi connectivity index (χ1) is 8.66. The van der Waals surface area contributed by atoms with Gasteiger partial charge in [0.1, 0.15) is 18.0 Å². The molecule has 2 aromatic rings. The summed E-state index contributed by atoms with van der Waals surface area (Å²) in [6.07, 6.45) is 5.35. The van der Waals surface area contributed by atoms with E-state index in [1.54, 1.807) is 0 Å². The van der Waals surface area contributed by atoms with E-state index in [0.717, 1.165) is 12.3 Å². The van der Waals surface area contributed by atoms with E-state index in [-0.39, 0.29) is 18.1 Å². The second-order valence-electron chi connectivity index (χ2n) is 3.30. The van der Waals surface area contributed by atoms with Gasteiger partial charge in [-0.1, -0.05) is 0 Å². The van der Waals surface area contributed by atoms with Crippen molar-refractivity contribution in [1.82, 2.24) is 15.0 Å². The monoisotopic (exact) mass is 249 g/mol. The van der Waals surface area contributed by atoms with Gasteiger partial charge < -0.3 is 9.84 Å². The number of hydrogen-bond acceptors (Lipinski definition) is 5. The van der Waals surface area contributed by atoms with Gasteiger partial charge in [0.2, 0.25) is 5.88 Å². The summed E-state index contributed by atoms with van der Waals surface area (Å²) >= 11 is 0. The van der Waals surface area contributed by atoms with Gasteiger partial charge in [-0.25, -0.2) is 14.2 Å². The van der Waals surface area contributed by atoms with Gasteiger partial charge in [0.25, 0.3) is 0 Å². The van der Waals surface area contributed by atoms with Crippen molar-refractivity contribution in [2.24, 2.45) is 0 Å². The van der Waals surface area contributed by atoms with E-state index in [4.69, 9.17) is 9.84 Å². The Balaban J connectivity index is 2.17. The number of aromatic nitrogens is 3. The Kier molecular flexibility index (Phi) is 3.42. The fraction of sp³-hybridized carbons (Fsp3) is 0.0909. The number of ether oxygens (including phenoxy) is 1. The van der Waals surface area contributed by atoms with Gasteiger partial charge >= 0.3 is 5.97 Å². The summed E-state index contributed by atoms with van der Waals surface area (Å²) in [6.45, 7) is 0.00670. The average molecular weight is 249 g/mol. The zero-order valence-electron chi connectivity index (χ0n) is 9.08. The number of halogens is 1. The van der Waals surface area contributed by atoms with Crippen LogP contribution in [0.15, 0.2) is 30.9 Å². The van der Waals surface area contributed by atoms with Crippen LogP contribution in [-0.2, 0) is 6.61 Å². The Morgan fingerprint density at radius 2 is 2.17 bits per heavy atom. The van der Waals surface area contributed by atoms with Gasteiger partial charge in [0.05, 0.1) is 18.1 Å². The number of carbonyl (C=O) groups is 1. The number of pyridine rings is 1. The molecule has 92 valence electrons. The minimum atomic E-state index is -1.31. The van der Waals surface area contributed by atoms with Crippen LogP contribution in [-0.4, -0.2) is 26.0 Å². The molecule has 18 heavy (non-hydrogen) atoms. The van der Waals surface area contributed by atoms with Crippen molar-refractivity contribution < 1.29 is 19.0 Å². The molecule has 0 fully saturated rings. The zero-order chi connectivity index (χ0) is 13.0. The molecule has 2 aromatic heterocycles. The molecule has 0 aliphatic heterocycles. The Labute approximate surface area is 101 Å². The van der Waals surface area contributed by atoms with Gasteiger partial charge in [-0.2, -0.15) is 0 Å². The molecule has 0 bridgehead atoms. The third-order valence-corrected chi connectivity index (χ3v) is 2.02. The van der Waals surface area contributed by atoms with E-state index >= 15 is 0 Å². The molecule has 0 atom stereocenters. The van der Waals surface area contributed by atoms with Crippen molar-refractivity contribution in [2.45, 2.75) is 6.61 Å². The van der Waals surface area contributed by atoms with Crippen molar-refractivity contribution >= 4 is 5.97 Å². The number of nitrogens with zero attached hydrogens (tertiary/aromatic N) is 3. The molecule has 0 saturated carbocycles. The number of hydrogen-bond donors (Lipinski definition) is 1. The van der Waals surface area contributed by atoms with Crippen LogP contribution in [0.2, 0.25) is 0 Å². The average Bonchev–Trinajstić information content (AvgIpc) is 2.38. The van der Waals surface area contributed by atoms with E-state index in [1.807, 2.05) is 0 Å². The lowest BCUT2D eigenvalue weighted by Crippen LogP contribution is -2.06. The first-order valence-electron chi connectivity index (χ1n) is 4.93. The fourth-order valence-electron chi connectivity index (χ4n) is 1.24. The lowest BCUT2D eigenvalue weighted by molar-refractivity contribution is 0.0689. The highest BCUT2D eigenvalue weighted by atomic mass is 19.1. The Bertz CT molecular complexity index is 563. The third kappa shape index (κ3) is 2.76. The molecule has 0 aromatic carbocycles. The Morgan fingerprint density at radius 1 is 1.33 bits per heavy atom. The molecular formula is C11H8FN3O3. The van der Waals surface area contributed by atoms with Crippen LogP contribution >= 0.6 is 0 Å². The predicted molar refractivity (Wildman–Crippen MR) is 57.5 cm³/mol. The van der Waals surface area contributed by atoms with Crippen molar-refractivity contribution in [3.63, 3.8) is 0 Å². The minimum absolute atomic E-state index is 0.00670. The molecule has 1 N–H and O–H groups in total. The van der Waals surface area contributed by atoms with Crippen molar-refractivity contribution in [1.29, 1.82) is 0 Å². The van der Waals surface area contributed by atoms with Crippen molar-refractivity contribution in [2.75, 3.05) is 0 Å². The minimum Gasteiger partial charge on any atom is -0.477 e. The van der Waals surface area contributed by atoms with Gasteiger partial charge in [-0.3, -0.25) is 9.97 Å². The summed E-state index contributed by atoms with van der Waals surface area (Å²) < 4.78 is 18.0. The van der Waals surface area contributed by atoms with Crippen LogP contribution in [0.3, 0.4) is 0 Å².